The molecule has 13 atom stereocenters. The number of nitrogens with zero attached hydrogens (tertiary/aromatic N) is 2. The number of fused-ring (bicyclic) bond motifs is 3. The zero-order valence-electron chi connectivity index (χ0n) is 51.5. The number of aliphatic hydroxyl groups excluding tert-OH is 6. The molecule has 0 saturated carbocycles. The Morgan fingerprint density at radius 1 is 0.615 bits per heavy atom. The lowest BCUT2D eigenvalue weighted by molar-refractivity contribution is -0.167. The summed E-state index contributed by atoms with van der Waals surface area (Å²) < 4.78 is 1.21. The number of nitrogens with two attached hydrogens (primary N) is 1. The van der Waals surface area contributed by atoms with Crippen LogP contribution in [0.2, 0.25) is 0 Å². The van der Waals surface area contributed by atoms with Crippen molar-refractivity contribution in [3.05, 3.63) is 28.4 Å². The van der Waals surface area contributed by atoms with Gasteiger partial charge in [0.05, 0.1) is 68.7 Å². The van der Waals surface area contributed by atoms with Gasteiger partial charge in [-0.2, -0.15) is 0 Å². The molecule has 532 valence electrons. The second-order valence-corrected chi connectivity index (χ2v) is 21.7. The van der Waals surface area contributed by atoms with Crippen molar-refractivity contribution in [2.24, 2.45) is 5.73 Å². The summed E-state index contributed by atoms with van der Waals surface area (Å²) in [6.45, 7) is -1.61. The summed E-state index contributed by atoms with van der Waals surface area (Å²) in [5, 5.41) is 142. The van der Waals surface area contributed by atoms with Gasteiger partial charge in [0, 0.05) is 31.1 Å². The van der Waals surface area contributed by atoms with E-state index in [0.29, 0.717) is 0 Å². The molecule has 2 heterocycles. The number of pyridine rings is 1. The summed E-state index contributed by atoms with van der Waals surface area (Å²) in [5.41, 5.74) is 4.82. The molecule has 0 unspecified atom stereocenters. The zero-order valence-corrected chi connectivity index (χ0v) is 51.5. The molecule has 25 N–H and O–H groups in total. The lowest BCUT2D eigenvalue weighted by atomic mass is 10.0. The third-order valence-corrected chi connectivity index (χ3v) is 14.0. The summed E-state index contributed by atoms with van der Waals surface area (Å²) in [6, 6.07) is -14.7. The molecule has 0 aromatic carbocycles. The van der Waals surface area contributed by atoms with Crippen LogP contribution < -0.4 is 69.6 Å². The first kappa shape index (κ1) is 80.0. The second-order valence-electron chi connectivity index (χ2n) is 21.7. The number of hydroxylamine groups is 2. The average Bonchev–Trinajstić information content (AvgIpc) is 0.750. The van der Waals surface area contributed by atoms with E-state index in [2.05, 4.69) is 31.9 Å². The molecule has 2 aliphatic heterocycles. The van der Waals surface area contributed by atoms with E-state index in [9.17, 15) is 133 Å². The van der Waals surface area contributed by atoms with E-state index in [-0.39, 0.29) is 47.2 Å². The largest absolute Gasteiger partial charge is 0.504 e. The highest BCUT2D eigenvalue weighted by Crippen LogP contribution is 2.40. The van der Waals surface area contributed by atoms with Crippen LogP contribution in [0.4, 0.5) is 11.5 Å². The van der Waals surface area contributed by atoms with E-state index in [1.807, 2.05) is 16.0 Å². The Hall–Kier alpha value is -10.2. The highest BCUT2D eigenvalue weighted by atomic mass is 16.5. The number of aromatic nitrogens is 1. The zero-order chi connectivity index (χ0) is 72.6. The van der Waals surface area contributed by atoms with Gasteiger partial charge < -0.3 is 125 Å². The van der Waals surface area contributed by atoms with Crippen LogP contribution in [0.1, 0.15) is 78.2 Å². The number of anilines is 2. The van der Waals surface area contributed by atoms with Crippen molar-refractivity contribution in [3.8, 4) is 17.0 Å². The van der Waals surface area contributed by atoms with Gasteiger partial charge >= 0.3 is 23.9 Å². The van der Waals surface area contributed by atoms with Crippen molar-refractivity contribution in [2.45, 2.75) is 151 Å². The molecule has 0 aromatic heterocycles. The molecular formula is C54H78N14O28. The molecule has 0 saturated heterocycles. The number of carboxylic acid groups (broad SMARTS) is 4. The fourth-order valence-electron chi connectivity index (χ4n) is 9.10. The Labute approximate surface area is 542 Å². The maximum atomic E-state index is 14.4. The lowest BCUT2D eigenvalue weighted by Crippen LogP contribution is -2.63. The molecule has 42 nitrogen and oxygen atoms in total. The minimum atomic E-state index is -2.79. The molecule has 3 rings (SSSR count). The fourth-order valence-corrected chi connectivity index (χ4v) is 9.10. The maximum absolute atomic E-state index is 14.4. The highest BCUT2D eigenvalue weighted by molar-refractivity contribution is 6.01. The van der Waals surface area contributed by atoms with Crippen LogP contribution >= 0.6 is 0 Å². The molecule has 0 radical (unpaired) electrons. The smallest absolute Gasteiger partial charge is 0.335 e. The number of phenolic OH excluding ortho intramolecular Hbond substituents is 1. The predicted octanol–water partition coefficient (Wildman–Crippen LogP) is -10.3. The molecule has 0 aromatic rings. The highest BCUT2D eigenvalue weighted by Gasteiger charge is 2.40. The number of rotatable bonds is 39. The van der Waals surface area contributed by atoms with Crippen LogP contribution in [-0.2, 0) is 71.9 Å². The first-order chi connectivity index (χ1) is 45.0. The van der Waals surface area contributed by atoms with Crippen molar-refractivity contribution in [1.82, 2.24) is 57.5 Å². The minimum absolute atomic E-state index is 0.0221. The predicted molar refractivity (Wildman–Crippen MR) is 319 cm³/mol. The third-order valence-electron chi connectivity index (χ3n) is 14.0. The topological polar surface area (TPSA) is 682 Å². The standard InChI is InChI=1S/C54H78N14O28/c1-21(71)13-37(78)67(96)12-4-5-25(60-47(86)28(16-39(81)82)62-50(89)31-9-11-56-44-27(58-35(76)6-7-38(79)80)14-24-15-33(74)34(75)17-32(24)68(31)44)45(84)61-26(8-10-55)46(85)64-40(22(2)72)51(90)57-18-36(77)59-29(19-69)48(87)63-30(20-70)49(88)66-42(43(83)54(94)95)52(91)65-41(23(3)73)53(92)93/h14-15,17,21-23,25-26,28-31,40-43,56,69-74,83,96H,4-13,16,18-20,55H2,1-3H3,(H,57,90)(H,58,76)(H,59,77)(H,60,86)(H,61,84)(H,62,89)(H,63,87)(H,64,85)(H,65,91)(H,66,88)(H,79,80)(H,81,82)(H,92,93)(H,94,95)/t21-,22-,23-,25-,26-,28+,29-,30+,31+,40+,41+,42+,43+/m1/s1. The Balaban J connectivity index is 1.86. The van der Waals surface area contributed by atoms with Gasteiger partial charge in [-0.1, -0.05) is 0 Å². The van der Waals surface area contributed by atoms with E-state index < -0.39 is 250 Å². The van der Waals surface area contributed by atoms with Crippen LogP contribution in [0, 0.1) is 0 Å². The van der Waals surface area contributed by atoms with Gasteiger partial charge in [-0.3, -0.25) is 72.3 Å². The van der Waals surface area contributed by atoms with Crippen LogP contribution in [0.15, 0.2) is 23.0 Å². The Morgan fingerprint density at radius 3 is 1.71 bits per heavy atom. The van der Waals surface area contributed by atoms with Gasteiger partial charge in [0.15, 0.2) is 17.9 Å². The van der Waals surface area contributed by atoms with E-state index >= 15 is 0 Å². The number of carboxylic acids is 4. The number of aliphatic carboxylic acids is 4. The second kappa shape index (κ2) is 37.6. The van der Waals surface area contributed by atoms with Crippen LogP contribution in [0.5, 0.6) is 5.75 Å². The van der Waals surface area contributed by atoms with E-state index in [0.717, 1.165) is 26.0 Å². The van der Waals surface area contributed by atoms with E-state index in [1.54, 1.807) is 10.6 Å². The number of hydrogen-bond donors (Lipinski definition) is 24. The molecule has 0 spiro atoms. The van der Waals surface area contributed by atoms with Gasteiger partial charge in [0.25, 0.3) is 0 Å². The van der Waals surface area contributed by atoms with Gasteiger partial charge in [0.2, 0.25) is 70.4 Å². The molecule has 11 amide bonds. The van der Waals surface area contributed by atoms with E-state index in [4.69, 9.17) is 10.8 Å². The van der Waals surface area contributed by atoms with Gasteiger partial charge in [-0.15, -0.1) is 0 Å². The summed E-state index contributed by atoms with van der Waals surface area (Å²) in [6.07, 6.45) is -12.0. The van der Waals surface area contributed by atoms with Crippen molar-refractivity contribution in [2.75, 3.05) is 50.0 Å². The molecule has 0 fully saturated rings. The Morgan fingerprint density at radius 2 is 1.16 bits per heavy atom. The normalized spacial score (nSPS) is 16.2. The summed E-state index contributed by atoms with van der Waals surface area (Å²) >= 11 is 0. The number of benzene rings is 1. The summed E-state index contributed by atoms with van der Waals surface area (Å²) in [4.78, 5) is 207. The van der Waals surface area contributed by atoms with Crippen molar-refractivity contribution in [1.29, 1.82) is 0 Å². The van der Waals surface area contributed by atoms with Crippen LogP contribution in [0.25, 0.3) is 11.3 Å². The van der Waals surface area contributed by atoms with Gasteiger partial charge in [-0.25, -0.2) is 14.7 Å². The van der Waals surface area contributed by atoms with Gasteiger partial charge in [-0.05, 0) is 65.1 Å². The fraction of sp³-hybridized carbons (Fsp3) is 0.556. The van der Waals surface area contributed by atoms with Crippen molar-refractivity contribution in [3.63, 3.8) is 0 Å². The van der Waals surface area contributed by atoms with Gasteiger partial charge in [0.1, 0.15) is 54.2 Å². The number of aromatic hydroxyl groups is 1. The van der Waals surface area contributed by atoms with E-state index in [1.165, 1.54) is 17.6 Å². The monoisotopic (exact) mass is 1370 g/mol. The van der Waals surface area contributed by atoms with Crippen LogP contribution in [0.3, 0.4) is 0 Å². The quantitative estimate of drug-likeness (QED) is 0.0218. The van der Waals surface area contributed by atoms with Crippen molar-refractivity contribution < 1.29 is 133 Å². The number of carbonyl (C=O) groups is 15. The molecule has 42 heteroatoms. The van der Waals surface area contributed by atoms with Crippen LogP contribution in [-0.4, -0.2) is 272 Å². The average molecular weight is 1370 g/mol. The Bertz CT molecular complexity index is 3230. The first-order valence-corrected chi connectivity index (χ1v) is 29.1. The number of aliphatic hydroxyl groups is 6. The molecule has 3 aliphatic rings. The summed E-state index contributed by atoms with van der Waals surface area (Å²) in [7, 11) is 0. The first-order valence-electron chi connectivity index (χ1n) is 29.1. The number of amides is 11. The minimum Gasteiger partial charge on any atom is -0.504 e. The number of nitrogens with one attached hydrogen (secondary N) is 11. The maximum Gasteiger partial charge on any atom is 0.335 e. The van der Waals surface area contributed by atoms with Crippen molar-refractivity contribution >= 4 is 100 Å². The molecule has 0 bridgehead atoms. The summed E-state index contributed by atoms with van der Waals surface area (Å²) in [5.74, 6) is -21.8. The lowest BCUT2D eigenvalue weighted by Gasteiger charge is -2.34. The third kappa shape index (κ3) is 24.0. The molecule has 96 heavy (non-hydrogen) atoms. The molecule has 1 aliphatic carbocycles. The SMILES string of the molecule is C[C@@H](O)CC(=O)N(O)CCC[C@@H](NC(=O)[C@H](CC(=O)O)NC(=O)[C@@H]1CCNc2c(NC(=O)CCC(=O)O)cc3cc(O)c(=O)cc-3n21)C(=O)N[C@H](CCN)C(=O)N[C@H](C(=O)NCC(=O)N[C@H](CO)C(=O)N[C@@H](CO)C(=O)N[C@H](C(=O)N[C@H](C(=O)O)[C@@H](C)O)[C@H](O)C(=O)O)[C@@H](C)O. The number of phenols is 1. The molecular weight excluding hydrogens is 1290 g/mol. The Kier molecular flexibility index (Phi) is 31.3. The number of carbonyl (C=O) groups excluding carboxylic acids is 11. The number of hydrogen-bond acceptors (Lipinski definition) is 26.